The number of nitrogens with one attached hydrogen (secondary N) is 1. The summed E-state index contributed by atoms with van der Waals surface area (Å²) in [5.74, 6) is 1.34. The molecule has 1 amide bonds. The first-order chi connectivity index (χ1) is 15.1. The van der Waals surface area contributed by atoms with Crippen LogP contribution in [0.2, 0.25) is 0 Å². The average Bonchev–Trinajstić information content (AvgIpc) is 3.15. The number of carbonyl (C=O) groups is 1. The van der Waals surface area contributed by atoms with E-state index in [-0.39, 0.29) is 11.6 Å². The predicted octanol–water partition coefficient (Wildman–Crippen LogP) is 4.22. The molecule has 156 valence electrons. The molecule has 2 aromatic heterocycles. The van der Waals surface area contributed by atoms with Gasteiger partial charge >= 0.3 is 6.03 Å². The van der Waals surface area contributed by atoms with Crippen molar-refractivity contribution in [3.05, 3.63) is 76.6 Å². The van der Waals surface area contributed by atoms with Gasteiger partial charge in [0.2, 0.25) is 0 Å². The highest BCUT2D eigenvalue weighted by molar-refractivity contribution is 7.14. The molecule has 0 radical (unpaired) electrons. The van der Waals surface area contributed by atoms with Gasteiger partial charge in [0.15, 0.2) is 11.5 Å². The third kappa shape index (κ3) is 3.66. The van der Waals surface area contributed by atoms with Crippen molar-refractivity contribution in [2.45, 2.75) is 13.0 Å². The maximum atomic E-state index is 12.8. The SMILES string of the molecule is CC(NC(=O)n1sc2nc(-c3ccccc3)ccc2c1=O)c1ccc2c(c1)OCCO2. The summed E-state index contributed by atoms with van der Waals surface area (Å²) in [6, 6.07) is 18.0. The molecule has 0 bridgehead atoms. The fraction of sp³-hybridized carbons (Fsp3) is 0.174. The molecule has 7 nitrogen and oxygen atoms in total. The van der Waals surface area contributed by atoms with Gasteiger partial charge in [-0.3, -0.25) is 4.79 Å². The molecular weight excluding hydrogens is 414 g/mol. The first-order valence-corrected chi connectivity index (χ1v) is 10.7. The minimum absolute atomic E-state index is 0.326. The van der Waals surface area contributed by atoms with E-state index >= 15 is 0 Å². The highest BCUT2D eigenvalue weighted by Gasteiger charge is 2.19. The Bertz CT molecular complexity index is 1330. The van der Waals surface area contributed by atoms with Crippen LogP contribution < -0.4 is 20.3 Å². The lowest BCUT2D eigenvalue weighted by molar-refractivity contribution is 0.171. The van der Waals surface area contributed by atoms with Gasteiger partial charge in [-0.05, 0) is 48.3 Å². The lowest BCUT2D eigenvalue weighted by Gasteiger charge is -2.21. The summed E-state index contributed by atoms with van der Waals surface area (Å²) in [6.07, 6.45) is 0. The van der Waals surface area contributed by atoms with Crippen LogP contribution in [-0.4, -0.2) is 28.2 Å². The molecule has 4 aromatic rings. The van der Waals surface area contributed by atoms with Crippen LogP contribution in [0.15, 0.2) is 65.5 Å². The number of fused-ring (bicyclic) bond motifs is 2. The highest BCUT2D eigenvalue weighted by Crippen LogP contribution is 2.32. The number of hydrogen-bond donors (Lipinski definition) is 1. The van der Waals surface area contributed by atoms with Crippen LogP contribution in [-0.2, 0) is 0 Å². The molecule has 5 rings (SSSR count). The molecule has 1 aliphatic rings. The molecule has 0 saturated heterocycles. The third-order valence-corrected chi connectivity index (χ3v) is 6.11. The van der Waals surface area contributed by atoms with E-state index in [9.17, 15) is 9.59 Å². The fourth-order valence-corrected chi connectivity index (χ4v) is 4.35. The van der Waals surface area contributed by atoms with E-state index in [1.165, 1.54) is 0 Å². The van der Waals surface area contributed by atoms with Crippen molar-refractivity contribution >= 4 is 27.8 Å². The summed E-state index contributed by atoms with van der Waals surface area (Å²) in [5.41, 5.74) is 2.19. The number of benzene rings is 2. The molecule has 0 fully saturated rings. The number of hydrogen-bond acceptors (Lipinski definition) is 6. The van der Waals surface area contributed by atoms with Crippen molar-refractivity contribution in [1.29, 1.82) is 0 Å². The Morgan fingerprint density at radius 1 is 1.06 bits per heavy atom. The molecular formula is C23H19N3O4S. The minimum atomic E-state index is -0.489. The molecule has 8 heteroatoms. The molecule has 2 aromatic carbocycles. The third-order valence-electron chi connectivity index (χ3n) is 5.11. The summed E-state index contributed by atoms with van der Waals surface area (Å²) in [6.45, 7) is 2.87. The maximum absolute atomic E-state index is 12.8. The van der Waals surface area contributed by atoms with Crippen molar-refractivity contribution in [1.82, 2.24) is 14.3 Å². The van der Waals surface area contributed by atoms with Gasteiger partial charge in [-0.2, -0.15) is 3.96 Å². The van der Waals surface area contributed by atoms with Crippen molar-refractivity contribution in [2.24, 2.45) is 0 Å². The van der Waals surface area contributed by atoms with Crippen molar-refractivity contribution in [2.75, 3.05) is 13.2 Å². The van der Waals surface area contributed by atoms with Gasteiger partial charge in [0.1, 0.15) is 18.0 Å². The fourth-order valence-electron chi connectivity index (χ4n) is 3.47. The monoisotopic (exact) mass is 433 g/mol. The Balaban J connectivity index is 1.40. The zero-order chi connectivity index (χ0) is 21.4. The number of nitrogens with zero attached hydrogens (tertiary/aromatic N) is 2. The number of carbonyl (C=O) groups excluding carboxylic acids is 1. The Morgan fingerprint density at radius 3 is 2.65 bits per heavy atom. The van der Waals surface area contributed by atoms with E-state index in [1.54, 1.807) is 12.1 Å². The molecule has 1 atom stereocenters. The molecule has 1 N–H and O–H groups in total. The summed E-state index contributed by atoms with van der Waals surface area (Å²) in [7, 11) is 0. The summed E-state index contributed by atoms with van der Waals surface area (Å²) in [4.78, 5) is 30.7. The van der Waals surface area contributed by atoms with Gasteiger partial charge in [-0.1, -0.05) is 36.4 Å². The first-order valence-electron chi connectivity index (χ1n) is 9.89. The second-order valence-corrected chi connectivity index (χ2v) is 8.11. The Hall–Kier alpha value is -3.65. The van der Waals surface area contributed by atoms with Crippen molar-refractivity contribution in [3.8, 4) is 22.8 Å². The number of aromatic nitrogens is 2. The minimum Gasteiger partial charge on any atom is -0.486 e. The number of rotatable bonds is 3. The van der Waals surface area contributed by atoms with E-state index in [0.29, 0.717) is 34.9 Å². The average molecular weight is 433 g/mol. The molecule has 0 saturated carbocycles. The maximum Gasteiger partial charge on any atom is 0.338 e. The van der Waals surface area contributed by atoms with E-state index in [2.05, 4.69) is 10.3 Å². The zero-order valence-electron chi connectivity index (χ0n) is 16.7. The highest BCUT2D eigenvalue weighted by atomic mass is 32.1. The van der Waals surface area contributed by atoms with Crippen LogP contribution in [0.3, 0.4) is 0 Å². The molecule has 1 unspecified atom stereocenters. The number of amides is 1. The Morgan fingerprint density at radius 2 is 1.84 bits per heavy atom. The van der Waals surface area contributed by atoms with Gasteiger partial charge in [0.25, 0.3) is 5.56 Å². The van der Waals surface area contributed by atoms with Crippen LogP contribution in [0.5, 0.6) is 11.5 Å². The Kier molecular flexibility index (Phi) is 4.91. The standard InChI is InChI=1S/C23H19N3O4S/c1-14(16-7-10-19-20(13-16)30-12-11-29-19)24-23(28)26-22(27)17-8-9-18(25-21(17)31-26)15-5-3-2-4-6-15/h2-10,13-14H,11-12H2,1H3,(H,24,28). The lowest BCUT2D eigenvalue weighted by Crippen LogP contribution is -2.34. The second kappa shape index (κ2) is 7.88. The molecule has 0 aliphatic carbocycles. The van der Waals surface area contributed by atoms with Crippen LogP contribution >= 0.6 is 11.5 Å². The number of pyridine rings is 1. The van der Waals surface area contributed by atoms with Crippen LogP contribution in [0.1, 0.15) is 18.5 Å². The van der Waals surface area contributed by atoms with Gasteiger partial charge in [-0.15, -0.1) is 0 Å². The molecule has 1 aliphatic heterocycles. The zero-order valence-corrected chi connectivity index (χ0v) is 17.5. The topological polar surface area (TPSA) is 82.5 Å². The van der Waals surface area contributed by atoms with E-state index < -0.39 is 6.03 Å². The lowest BCUT2D eigenvalue weighted by atomic mass is 10.1. The van der Waals surface area contributed by atoms with Crippen LogP contribution in [0.4, 0.5) is 4.79 Å². The second-order valence-electron chi connectivity index (χ2n) is 7.18. The van der Waals surface area contributed by atoms with Crippen LogP contribution in [0.25, 0.3) is 21.5 Å². The number of ether oxygens (including phenoxy) is 2. The van der Waals surface area contributed by atoms with Crippen LogP contribution in [0, 0.1) is 0 Å². The smallest absolute Gasteiger partial charge is 0.338 e. The quantitative estimate of drug-likeness (QED) is 0.523. The molecule has 31 heavy (non-hydrogen) atoms. The van der Waals surface area contributed by atoms with Gasteiger partial charge in [0.05, 0.1) is 17.1 Å². The summed E-state index contributed by atoms with van der Waals surface area (Å²) >= 11 is 1.04. The Labute approximate surface area is 182 Å². The summed E-state index contributed by atoms with van der Waals surface area (Å²) in [5, 5.41) is 3.30. The van der Waals surface area contributed by atoms with Gasteiger partial charge in [0, 0.05) is 5.56 Å². The molecule has 3 heterocycles. The van der Waals surface area contributed by atoms with Crippen molar-refractivity contribution in [3.63, 3.8) is 0 Å². The first kappa shape index (κ1) is 19.3. The van der Waals surface area contributed by atoms with E-state index in [4.69, 9.17) is 9.47 Å². The predicted molar refractivity (Wildman–Crippen MR) is 119 cm³/mol. The van der Waals surface area contributed by atoms with Gasteiger partial charge in [-0.25, -0.2) is 9.78 Å². The van der Waals surface area contributed by atoms with E-state index in [0.717, 1.165) is 32.3 Å². The normalized spacial score (nSPS) is 13.7. The largest absolute Gasteiger partial charge is 0.486 e. The molecule has 0 spiro atoms. The van der Waals surface area contributed by atoms with Crippen molar-refractivity contribution < 1.29 is 14.3 Å². The summed E-state index contributed by atoms with van der Waals surface area (Å²) < 4.78 is 12.3. The van der Waals surface area contributed by atoms with Gasteiger partial charge < -0.3 is 14.8 Å². The van der Waals surface area contributed by atoms with E-state index in [1.807, 2.05) is 55.5 Å².